The van der Waals surface area contributed by atoms with E-state index in [9.17, 15) is 9.59 Å². The van der Waals surface area contributed by atoms with Crippen molar-refractivity contribution in [3.63, 3.8) is 0 Å². The van der Waals surface area contributed by atoms with E-state index >= 15 is 0 Å². The SMILES string of the molecule is CCC1(OC(=O)COc2ccc([S+](c3ccccc3)c3ccccc3)cc2)CCCCC1.Cc1cc([S+](c2ccccc2)c2ccccc2)cc(C)c1OCC(=O)OC(C)(C)C. The number of aryl methyl sites for hydroxylation is 2. The van der Waals surface area contributed by atoms with Crippen molar-refractivity contribution in [1.82, 2.24) is 0 Å². The van der Waals surface area contributed by atoms with Crippen molar-refractivity contribution in [3.8, 4) is 11.5 Å². The lowest BCUT2D eigenvalue weighted by Gasteiger charge is -2.35. The lowest BCUT2D eigenvalue weighted by Crippen LogP contribution is -2.38. The van der Waals surface area contributed by atoms with E-state index in [4.69, 9.17) is 18.9 Å². The van der Waals surface area contributed by atoms with Crippen LogP contribution in [-0.4, -0.2) is 36.4 Å². The molecule has 7 rings (SSSR count). The molecule has 1 aliphatic carbocycles. The van der Waals surface area contributed by atoms with Crippen LogP contribution in [-0.2, 0) is 40.9 Å². The second kappa shape index (κ2) is 22.1. The van der Waals surface area contributed by atoms with Gasteiger partial charge >= 0.3 is 11.9 Å². The fourth-order valence-corrected chi connectivity index (χ4v) is 12.0. The molecule has 1 saturated carbocycles. The van der Waals surface area contributed by atoms with Crippen molar-refractivity contribution in [3.05, 3.63) is 169 Å². The van der Waals surface area contributed by atoms with E-state index in [1.54, 1.807) is 0 Å². The highest BCUT2D eigenvalue weighted by Gasteiger charge is 2.35. The number of rotatable bonds is 14. The van der Waals surface area contributed by atoms with E-state index < -0.39 is 5.60 Å². The third kappa shape index (κ3) is 13.0. The van der Waals surface area contributed by atoms with Gasteiger partial charge in [0.25, 0.3) is 0 Å². The van der Waals surface area contributed by atoms with Crippen LogP contribution in [0.4, 0.5) is 0 Å². The molecule has 0 N–H and O–H groups in total. The minimum absolute atomic E-state index is 0.0514. The first-order chi connectivity index (χ1) is 29.9. The number of esters is 2. The lowest BCUT2D eigenvalue weighted by molar-refractivity contribution is -0.166. The Hall–Kier alpha value is -5.44. The van der Waals surface area contributed by atoms with Gasteiger partial charge in [-0.15, -0.1) is 0 Å². The lowest BCUT2D eigenvalue weighted by atomic mass is 9.83. The van der Waals surface area contributed by atoms with Gasteiger partial charge in [-0.25, -0.2) is 9.59 Å². The highest BCUT2D eigenvalue weighted by atomic mass is 32.2. The van der Waals surface area contributed by atoms with Crippen molar-refractivity contribution in [2.75, 3.05) is 13.2 Å². The Morgan fingerprint density at radius 3 is 1.35 bits per heavy atom. The summed E-state index contributed by atoms with van der Waals surface area (Å²) in [4.78, 5) is 32.0. The number of ether oxygens (including phenoxy) is 4. The van der Waals surface area contributed by atoms with Gasteiger partial charge in [0.05, 0.1) is 21.8 Å². The van der Waals surface area contributed by atoms with Crippen LogP contribution in [0.1, 0.15) is 77.3 Å². The minimum Gasteiger partial charge on any atom is -0.482 e. The Labute approximate surface area is 374 Å². The average Bonchev–Trinajstić information content (AvgIpc) is 3.27. The fraction of sp³-hybridized carbons (Fsp3) is 0.296. The Morgan fingerprint density at radius 2 is 0.935 bits per heavy atom. The number of carbonyl (C=O) groups excluding carboxylic acids is 2. The first kappa shape index (κ1) is 46.1. The van der Waals surface area contributed by atoms with Crippen molar-refractivity contribution in [1.29, 1.82) is 0 Å². The zero-order chi connectivity index (χ0) is 44.0. The van der Waals surface area contributed by atoms with Crippen molar-refractivity contribution in [2.45, 2.75) is 121 Å². The van der Waals surface area contributed by atoms with Gasteiger partial charge in [0.2, 0.25) is 0 Å². The molecule has 322 valence electrons. The maximum Gasteiger partial charge on any atom is 0.344 e. The van der Waals surface area contributed by atoms with Crippen LogP contribution in [0.15, 0.2) is 187 Å². The van der Waals surface area contributed by atoms with Crippen LogP contribution in [0.25, 0.3) is 0 Å². The van der Waals surface area contributed by atoms with Gasteiger partial charge < -0.3 is 18.9 Å². The average molecular weight is 869 g/mol. The monoisotopic (exact) mass is 868 g/mol. The summed E-state index contributed by atoms with van der Waals surface area (Å²) < 4.78 is 22.8. The van der Waals surface area contributed by atoms with Gasteiger partial charge in [0.1, 0.15) is 22.7 Å². The van der Waals surface area contributed by atoms with Gasteiger partial charge in [-0.2, -0.15) is 0 Å². The summed E-state index contributed by atoms with van der Waals surface area (Å²) in [7, 11) is -0.411. The summed E-state index contributed by atoms with van der Waals surface area (Å²) in [6.07, 6.45) is 6.30. The summed E-state index contributed by atoms with van der Waals surface area (Å²) >= 11 is 0. The number of carbonyl (C=O) groups is 2. The molecule has 6 aromatic carbocycles. The molecule has 1 fully saturated rings. The third-order valence-electron chi connectivity index (χ3n) is 10.5. The fourth-order valence-electron chi connectivity index (χ4n) is 7.61. The van der Waals surface area contributed by atoms with Crippen molar-refractivity contribution < 1.29 is 28.5 Å². The molecule has 0 aromatic heterocycles. The topological polar surface area (TPSA) is 71.1 Å². The van der Waals surface area contributed by atoms with E-state index in [2.05, 4.69) is 128 Å². The highest BCUT2D eigenvalue weighted by molar-refractivity contribution is 7.97. The van der Waals surface area contributed by atoms with Gasteiger partial charge in [0, 0.05) is 12.1 Å². The van der Waals surface area contributed by atoms with Crippen LogP contribution >= 0.6 is 0 Å². The molecule has 6 nitrogen and oxygen atoms in total. The quantitative estimate of drug-likeness (QED) is 0.0802. The highest BCUT2D eigenvalue weighted by Crippen LogP contribution is 2.37. The van der Waals surface area contributed by atoms with Crippen LogP contribution < -0.4 is 9.47 Å². The molecular weight excluding hydrogens is 809 g/mol. The molecule has 8 heteroatoms. The van der Waals surface area contributed by atoms with Gasteiger partial charge in [-0.05, 0) is 151 Å². The molecule has 62 heavy (non-hydrogen) atoms. The zero-order valence-electron chi connectivity index (χ0n) is 36.9. The molecule has 1 aliphatic rings. The van der Waals surface area contributed by atoms with Crippen LogP contribution in [0.5, 0.6) is 11.5 Å². The van der Waals surface area contributed by atoms with E-state index in [0.29, 0.717) is 5.75 Å². The van der Waals surface area contributed by atoms with E-state index in [0.717, 1.165) is 49.0 Å². The molecule has 0 radical (unpaired) electrons. The third-order valence-corrected chi connectivity index (χ3v) is 14.9. The van der Waals surface area contributed by atoms with Gasteiger partial charge in [-0.3, -0.25) is 0 Å². The van der Waals surface area contributed by atoms with Gasteiger partial charge in [-0.1, -0.05) is 86.1 Å². The molecule has 0 saturated heterocycles. The van der Waals surface area contributed by atoms with Crippen LogP contribution in [0.3, 0.4) is 0 Å². The van der Waals surface area contributed by atoms with E-state index in [1.807, 2.05) is 71.0 Å². The second-order valence-electron chi connectivity index (χ2n) is 16.5. The Kier molecular flexibility index (Phi) is 16.4. The first-order valence-corrected chi connectivity index (χ1v) is 24.0. The predicted octanol–water partition coefficient (Wildman–Crippen LogP) is 12.9. The summed E-state index contributed by atoms with van der Waals surface area (Å²) in [5, 5.41) is 0. The summed E-state index contributed by atoms with van der Waals surface area (Å²) in [6, 6.07) is 54.6. The largest absolute Gasteiger partial charge is 0.482 e. The molecule has 0 spiro atoms. The molecule has 0 atom stereocenters. The van der Waals surface area contributed by atoms with E-state index in [1.165, 1.54) is 35.8 Å². The first-order valence-electron chi connectivity index (χ1n) is 21.5. The van der Waals surface area contributed by atoms with Crippen LogP contribution in [0, 0.1) is 13.8 Å². The normalized spacial score (nSPS) is 13.4. The standard InChI is InChI=1S/C28H31O3S.C26H29O3S/c1-2-28(20-10-5-11-21-28)31-27(29)22-30-23-16-18-26(19-17-23)32(24-12-6-3-7-13-24)25-14-8-4-9-15-25;1-19-16-23(17-20(2)25(19)28-18-24(27)29-26(3,4)5)30(21-12-8-6-9-13-21)22-14-10-7-11-15-22/h3-4,6-9,12-19H,2,5,10-11,20-22H2,1H3;6-17H,18H2,1-5H3/q2*+1. The Morgan fingerprint density at radius 1 is 0.532 bits per heavy atom. The smallest absolute Gasteiger partial charge is 0.344 e. The molecule has 0 aliphatic heterocycles. The van der Waals surface area contributed by atoms with Crippen molar-refractivity contribution >= 4 is 33.7 Å². The van der Waals surface area contributed by atoms with E-state index in [-0.39, 0.29) is 52.5 Å². The van der Waals surface area contributed by atoms with Gasteiger partial charge in [0.15, 0.2) is 42.6 Å². The molecular formula is C54H60O6S2+2. The predicted molar refractivity (Wildman–Crippen MR) is 251 cm³/mol. The number of hydrogen-bond donors (Lipinski definition) is 0. The van der Waals surface area contributed by atoms with Crippen molar-refractivity contribution in [2.24, 2.45) is 0 Å². The zero-order valence-corrected chi connectivity index (χ0v) is 38.6. The summed E-state index contributed by atoms with van der Waals surface area (Å²) in [5.41, 5.74) is 1.21. The Balaban J connectivity index is 0.000000207. The molecule has 0 unspecified atom stereocenters. The minimum atomic E-state index is -0.520. The maximum absolute atomic E-state index is 12.4. The molecule has 6 aromatic rings. The van der Waals surface area contributed by atoms with Crippen LogP contribution in [0.2, 0.25) is 0 Å². The number of hydrogen-bond acceptors (Lipinski definition) is 6. The maximum atomic E-state index is 12.4. The molecule has 0 amide bonds. The summed E-state index contributed by atoms with van der Waals surface area (Å²) in [6.45, 7) is 11.6. The Bertz CT molecular complexity index is 2200. The summed E-state index contributed by atoms with van der Waals surface area (Å²) in [5.74, 6) is 0.795. The second-order valence-corrected chi connectivity index (χ2v) is 20.5. The number of benzene rings is 6. The molecule has 0 heterocycles. The molecule has 0 bridgehead atoms.